The SMILES string of the molecule is CC(=O)c1ccc(OCc2ccccc2)c(C(C)=O)c1. The fourth-order valence-corrected chi connectivity index (χ4v) is 1.89. The van der Waals surface area contributed by atoms with E-state index in [-0.39, 0.29) is 11.6 Å². The smallest absolute Gasteiger partial charge is 0.163 e. The fraction of sp³-hybridized carbons (Fsp3) is 0.176. The van der Waals surface area contributed by atoms with Crippen molar-refractivity contribution in [1.29, 1.82) is 0 Å². The van der Waals surface area contributed by atoms with Gasteiger partial charge in [-0.05, 0) is 37.6 Å². The zero-order chi connectivity index (χ0) is 14.5. The highest BCUT2D eigenvalue weighted by atomic mass is 16.5. The number of carbonyl (C=O) groups is 2. The maximum atomic E-state index is 11.7. The number of hydrogen-bond donors (Lipinski definition) is 0. The molecular weight excluding hydrogens is 252 g/mol. The Balaban J connectivity index is 2.23. The van der Waals surface area contributed by atoms with Crippen LogP contribution >= 0.6 is 0 Å². The molecule has 20 heavy (non-hydrogen) atoms. The molecule has 0 aliphatic heterocycles. The van der Waals surface area contributed by atoms with Crippen molar-refractivity contribution in [2.45, 2.75) is 20.5 Å². The number of hydrogen-bond acceptors (Lipinski definition) is 3. The molecule has 2 aromatic rings. The van der Waals surface area contributed by atoms with Crippen LogP contribution in [0.2, 0.25) is 0 Å². The summed E-state index contributed by atoms with van der Waals surface area (Å²) in [4.78, 5) is 23.0. The molecule has 2 aromatic carbocycles. The van der Waals surface area contributed by atoms with Gasteiger partial charge in [0, 0.05) is 5.56 Å². The molecular formula is C17H16O3. The standard InChI is InChI=1S/C17H16O3/c1-12(18)15-8-9-17(16(10-15)13(2)19)20-11-14-6-4-3-5-7-14/h3-10H,11H2,1-2H3. The Morgan fingerprint density at radius 2 is 1.65 bits per heavy atom. The van der Waals surface area contributed by atoms with Gasteiger partial charge in [0.15, 0.2) is 11.6 Å². The summed E-state index contributed by atoms with van der Waals surface area (Å²) < 4.78 is 5.69. The van der Waals surface area contributed by atoms with Crippen LogP contribution in [0.25, 0.3) is 0 Å². The van der Waals surface area contributed by atoms with E-state index in [9.17, 15) is 9.59 Å². The third-order valence-corrected chi connectivity index (χ3v) is 3.00. The Kier molecular flexibility index (Phi) is 4.31. The van der Waals surface area contributed by atoms with Crippen molar-refractivity contribution in [2.24, 2.45) is 0 Å². The lowest BCUT2D eigenvalue weighted by atomic mass is 10.0. The van der Waals surface area contributed by atoms with Gasteiger partial charge < -0.3 is 4.74 Å². The molecule has 2 rings (SSSR count). The molecule has 0 bridgehead atoms. The van der Waals surface area contributed by atoms with E-state index in [2.05, 4.69) is 0 Å². The largest absolute Gasteiger partial charge is 0.488 e. The highest BCUT2D eigenvalue weighted by Gasteiger charge is 2.11. The second kappa shape index (κ2) is 6.15. The van der Waals surface area contributed by atoms with Crippen molar-refractivity contribution < 1.29 is 14.3 Å². The Morgan fingerprint density at radius 3 is 2.25 bits per heavy atom. The topological polar surface area (TPSA) is 43.4 Å². The average molecular weight is 268 g/mol. The van der Waals surface area contributed by atoms with Gasteiger partial charge in [-0.2, -0.15) is 0 Å². The number of benzene rings is 2. The first-order chi connectivity index (χ1) is 9.58. The molecule has 0 N–H and O–H groups in total. The molecule has 102 valence electrons. The molecule has 0 aliphatic carbocycles. The third kappa shape index (κ3) is 3.32. The van der Waals surface area contributed by atoms with Crippen molar-refractivity contribution in [3.8, 4) is 5.75 Å². The van der Waals surface area contributed by atoms with Gasteiger partial charge in [0.25, 0.3) is 0 Å². The van der Waals surface area contributed by atoms with E-state index in [1.165, 1.54) is 13.8 Å². The fourth-order valence-electron chi connectivity index (χ4n) is 1.89. The van der Waals surface area contributed by atoms with E-state index in [1.54, 1.807) is 18.2 Å². The van der Waals surface area contributed by atoms with Crippen LogP contribution in [0.5, 0.6) is 5.75 Å². The van der Waals surface area contributed by atoms with Crippen LogP contribution in [-0.4, -0.2) is 11.6 Å². The minimum absolute atomic E-state index is 0.0675. The zero-order valence-electron chi connectivity index (χ0n) is 11.6. The second-order valence-corrected chi connectivity index (χ2v) is 4.60. The van der Waals surface area contributed by atoms with Crippen molar-refractivity contribution in [3.05, 3.63) is 65.2 Å². The molecule has 0 spiro atoms. The molecule has 3 heteroatoms. The Labute approximate surface area is 118 Å². The summed E-state index contributed by atoms with van der Waals surface area (Å²) in [7, 11) is 0. The van der Waals surface area contributed by atoms with E-state index >= 15 is 0 Å². The summed E-state index contributed by atoms with van der Waals surface area (Å²) in [5.74, 6) is 0.324. The lowest BCUT2D eigenvalue weighted by Crippen LogP contribution is -2.04. The molecule has 0 aromatic heterocycles. The first kappa shape index (κ1) is 14.0. The summed E-state index contributed by atoms with van der Waals surface area (Å²) in [6.07, 6.45) is 0. The van der Waals surface area contributed by atoms with E-state index in [1.807, 2.05) is 30.3 Å². The summed E-state index contributed by atoms with van der Waals surface area (Å²) in [5.41, 5.74) is 1.98. The van der Waals surface area contributed by atoms with Gasteiger partial charge in [0.2, 0.25) is 0 Å². The molecule has 0 atom stereocenters. The lowest BCUT2D eigenvalue weighted by Gasteiger charge is -2.11. The molecule has 0 heterocycles. The maximum absolute atomic E-state index is 11.7. The number of carbonyl (C=O) groups excluding carboxylic acids is 2. The molecule has 0 unspecified atom stereocenters. The minimum atomic E-state index is -0.115. The molecule has 3 nitrogen and oxygen atoms in total. The summed E-state index contributed by atoms with van der Waals surface area (Å²) in [5, 5.41) is 0. The van der Waals surface area contributed by atoms with Crippen LogP contribution in [0.15, 0.2) is 48.5 Å². The van der Waals surface area contributed by atoms with Gasteiger partial charge in [-0.25, -0.2) is 0 Å². The van der Waals surface area contributed by atoms with Crippen molar-refractivity contribution in [1.82, 2.24) is 0 Å². The molecule has 0 fully saturated rings. The lowest BCUT2D eigenvalue weighted by molar-refractivity contribution is 0.101. The summed E-state index contributed by atoms with van der Waals surface area (Å²) >= 11 is 0. The van der Waals surface area contributed by atoms with Crippen molar-refractivity contribution in [3.63, 3.8) is 0 Å². The average Bonchev–Trinajstić information content (AvgIpc) is 2.45. The van der Waals surface area contributed by atoms with Gasteiger partial charge in [-0.3, -0.25) is 9.59 Å². The van der Waals surface area contributed by atoms with Gasteiger partial charge in [0.05, 0.1) is 5.56 Å². The minimum Gasteiger partial charge on any atom is -0.488 e. The van der Waals surface area contributed by atoms with Crippen LogP contribution in [0.3, 0.4) is 0 Å². The van der Waals surface area contributed by atoms with Crippen molar-refractivity contribution >= 4 is 11.6 Å². The van der Waals surface area contributed by atoms with E-state index in [0.717, 1.165) is 5.56 Å². The molecule has 0 saturated carbocycles. The van der Waals surface area contributed by atoms with Gasteiger partial charge in [-0.1, -0.05) is 30.3 Å². The monoisotopic (exact) mass is 268 g/mol. The second-order valence-electron chi connectivity index (χ2n) is 4.60. The van der Waals surface area contributed by atoms with Gasteiger partial charge >= 0.3 is 0 Å². The predicted molar refractivity (Wildman–Crippen MR) is 77.2 cm³/mol. The van der Waals surface area contributed by atoms with Crippen LogP contribution in [0.4, 0.5) is 0 Å². The third-order valence-electron chi connectivity index (χ3n) is 3.00. The van der Waals surface area contributed by atoms with Crippen molar-refractivity contribution in [2.75, 3.05) is 0 Å². The number of rotatable bonds is 5. The van der Waals surface area contributed by atoms with E-state index in [0.29, 0.717) is 23.5 Å². The van der Waals surface area contributed by atoms with E-state index in [4.69, 9.17) is 4.74 Å². The van der Waals surface area contributed by atoms with Crippen LogP contribution < -0.4 is 4.74 Å². The molecule has 0 saturated heterocycles. The summed E-state index contributed by atoms with van der Waals surface area (Å²) in [6.45, 7) is 3.33. The van der Waals surface area contributed by atoms with Gasteiger partial charge in [-0.15, -0.1) is 0 Å². The molecule has 0 amide bonds. The number of ketones is 2. The normalized spacial score (nSPS) is 10.1. The van der Waals surface area contributed by atoms with Crippen LogP contribution in [-0.2, 0) is 6.61 Å². The quantitative estimate of drug-likeness (QED) is 0.777. The predicted octanol–water partition coefficient (Wildman–Crippen LogP) is 3.67. The summed E-state index contributed by atoms with van der Waals surface area (Å²) in [6, 6.07) is 14.7. The zero-order valence-corrected chi connectivity index (χ0v) is 11.6. The number of Topliss-reactive ketones (excluding diaryl/α,β-unsaturated/α-hetero) is 2. The van der Waals surface area contributed by atoms with E-state index < -0.39 is 0 Å². The Bertz CT molecular complexity index is 630. The molecule has 0 radical (unpaired) electrons. The van der Waals surface area contributed by atoms with Crippen LogP contribution in [0, 0.1) is 0 Å². The molecule has 0 aliphatic rings. The maximum Gasteiger partial charge on any atom is 0.163 e. The first-order valence-corrected chi connectivity index (χ1v) is 6.40. The first-order valence-electron chi connectivity index (χ1n) is 6.40. The Hall–Kier alpha value is -2.42. The Morgan fingerprint density at radius 1 is 0.950 bits per heavy atom. The van der Waals surface area contributed by atoms with Crippen LogP contribution in [0.1, 0.15) is 40.1 Å². The highest BCUT2D eigenvalue weighted by molar-refractivity contribution is 6.01. The van der Waals surface area contributed by atoms with Gasteiger partial charge in [0.1, 0.15) is 12.4 Å². The number of ether oxygens (including phenoxy) is 1. The highest BCUT2D eigenvalue weighted by Crippen LogP contribution is 2.22.